The van der Waals surface area contributed by atoms with Gasteiger partial charge in [-0.3, -0.25) is 4.79 Å². The fourth-order valence-corrected chi connectivity index (χ4v) is 2.70. The van der Waals surface area contributed by atoms with E-state index in [1.807, 2.05) is 61.3 Å². The molecule has 0 radical (unpaired) electrons. The smallest absolute Gasteiger partial charge is 0.274 e. The van der Waals surface area contributed by atoms with Gasteiger partial charge in [0.2, 0.25) is 5.95 Å². The summed E-state index contributed by atoms with van der Waals surface area (Å²) in [5, 5.41) is 2.85. The Labute approximate surface area is 158 Å². The molecule has 0 aliphatic carbocycles. The van der Waals surface area contributed by atoms with Crippen molar-refractivity contribution in [2.24, 2.45) is 0 Å². The Morgan fingerprint density at radius 1 is 1.07 bits per heavy atom. The van der Waals surface area contributed by atoms with Crippen LogP contribution in [0.3, 0.4) is 0 Å². The first kappa shape index (κ1) is 18.4. The Morgan fingerprint density at radius 3 is 2.52 bits per heavy atom. The van der Waals surface area contributed by atoms with Crippen molar-refractivity contribution in [3.8, 4) is 5.75 Å². The van der Waals surface area contributed by atoms with Crippen molar-refractivity contribution in [3.63, 3.8) is 0 Å². The van der Waals surface area contributed by atoms with Crippen molar-refractivity contribution in [1.29, 1.82) is 0 Å². The van der Waals surface area contributed by atoms with Gasteiger partial charge < -0.3 is 15.0 Å². The van der Waals surface area contributed by atoms with Crippen LogP contribution < -0.4 is 15.0 Å². The molecule has 6 nitrogen and oxygen atoms in total. The van der Waals surface area contributed by atoms with Crippen LogP contribution in [0.25, 0.3) is 0 Å². The molecule has 1 aromatic heterocycles. The monoisotopic (exact) mass is 362 g/mol. The Kier molecular flexibility index (Phi) is 5.66. The third-order valence-electron chi connectivity index (χ3n) is 4.03. The molecule has 0 saturated carbocycles. The molecule has 0 unspecified atom stereocenters. The van der Waals surface area contributed by atoms with Crippen molar-refractivity contribution >= 4 is 17.5 Å². The highest BCUT2D eigenvalue weighted by Crippen LogP contribution is 2.23. The molecule has 3 aromatic rings. The number of aryl methyl sites for hydroxylation is 1. The first-order valence-corrected chi connectivity index (χ1v) is 8.62. The summed E-state index contributed by atoms with van der Waals surface area (Å²) >= 11 is 0. The van der Waals surface area contributed by atoms with Gasteiger partial charge in [-0.05, 0) is 30.7 Å². The zero-order chi connectivity index (χ0) is 19.2. The molecule has 0 saturated heterocycles. The number of nitrogens with zero attached hydrogens (tertiary/aromatic N) is 3. The van der Waals surface area contributed by atoms with E-state index in [4.69, 9.17) is 4.74 Å². The third-order valence-corrected chi connectivity index (χ3v) is 4.03. The minimum Gasteiger partial charge on any atom is -0.495 e. The number of rotatable bonds is 6. The van der Waals surface area contributed by atoms with Crippen LogP contribution in [0.1, 0.15) is 21.7 Å². The van der Waals surface area contributed by atoms with E-state index >= 15 is 0 Å². The van der Waals surface area contributed by atoms with E-state index in [0.717, 1.165) is 11.3 Å². The molecule has 0 spiro atoms. The maximum atomic E-state index is 12.7. The highest BCUT2D eigenvalue weighted by atomic mass is 16.5. The number of para-hydroxylation sites is 2. The van der Waals surface area contributed by atoms with E-state index in [9.17, 15) is 4.79 Å². The highest BCUT2D eigenvalue weighted by Gasteiger charge is 2.15. The molecule has 1 N–H and O–H groups in total. The number of benzene rings is 2. The average Bonchev–Trinajstić information content (AvgIpc) is 2.68. The number of ether oxygens (including phenoxy) is 1. The van der Waals surface area contributed by atoms with E-state index in [1.165, 1.54) is 0 Å². The molecule has 0 atom stereocenters. The van der Waals surface area contributed by atoms with Gasteiger partial charge in [0.1, 0.15) is 11.4 Å². The van der Waals surface area contributed by atoms with E-state index in [0.29, 0.717) is 29.6 Å². The zero-order valence-electron chi connectivity index (χ0n) is 15.6. The molecular formula is C21H22N4O2. The van der Waals surface area contributed by atoms with Crippen molar-refractivity contribution in [2.75, 3.05) is 24.4 Å². The van der Waals surface area contributed by atoms with Crippen LogP contribution >= 0.6 is 0 Å². The number of carbonyl (C=O) groups is 1. The average molecular weight is 362 g/mol. The van der Waals surface area contributed by atoms with Crippen molar-refractivity contribution < 1.29 is 9.53 Å². The summed E-state index contributed by atoms with van der Waals surface area (Å²) in [5.74, 6) is 0.793. The third kappa shape index (κ3) is 4.61. The number of amides is 1. The minimum atomic E-state index is -0.306. The maximum Gasteiger partial charge on any atom is 0.274 e. The van der Waals surface area contributed by atoms with E-state index in [1.54, 1.807) is 25.3 Å². The fraction of sp³-hybridized carbons (Fsp3) is 0.190. The van der Waals surface area contributed by atoms with Gasteiger partial charge >= 0.3 is 0 Å². The topological polar surface area (TPSA) is 67.3 Å². The highest BCUT2D eigenvalue weighted by molar-refractivity contribution is 6.03. The van der Waals surface area contributed by atoms with Crippen molar-refractivity contribution in [1.82, 2.24) is 9.97 Å². The molecular weight excluding hydrogens is 340 g/mol. The Hall–Kier alpha value is -3.41. The summed E-state index contributed by atoms with van der Waals surface area (Å²) in [4.78, 5) is 23.5. The largest absolute Gasteiger partial charge is 0.495 e. The predicted molar refractivity (Wildman–Crippen MR) is 106 cm³/mol. The second kappa shape index (κ2) is 8.31. The van der Waals surface area contributed by atoms with Crippen LogP contribution in [0.2, 0.25) is 0 Å². The zero-order valence-corrected chi connectivity index (χ0v) is 15.6. The Bertz CT molecular complexity index is 928. The van der Waals surface area contributed by atoms with Gasteiger partial charge in [-0.1, -0.05) is 42.5 Å². The van der Waals surface area contributed by atoms with E-state index in [2.05, 4.69) is 15.3 Å². The minimum absolute atomic E-state index is 0.306. The summed E-state index contributed by atoms with van der Waals surface area (Å²) in [6, 6.07) is 19.0. The number of hydrogen-bond donors (Lipinski definition) is 1. The van der Waals surface area contributed by atoms with Crippen LogP contribution in [-0.2, 0) is 6.54 Å². The van der Waals surface area contributed by atoms with Gasteiger partial charge in [0.15, 0.2) is 0 Å². The summed E-state index contributed by atoms with van der Waals surface area (Å²) in [6.45, 7) is 2.50. The molecule has 3 rings (SSSR count). The molecule has 27 heavy (non-hydrogen) atoms. The lowest BCUT2D eigenvalue weighted by Crippen LogP contribution is -2.22. The van der Waals surface area contributed by atoms with Gasteiger partial charge in [-0.15, -0.1) is 0 Å². The molecule has 1 heterocycles. The maximum absolute atomic E-state index is 12.7. The van der Waals surface area contributed by atoms with Crippen LogP contribution in [0.4, 0.5) is 11.6 Å². The predicted octanol–water partition coefficient (Wildman–Crippen LogP) is 3.68. The molecule has 6 heteroatoms. The standard InChI is InChI=1S/C21H22N4O2/c1-15-13-18(20(26)23-17-11-7-8-12-19(17)27-3)24-21(22-15)25(2)14-16-9-5-4-6-10-16/h4-13H,14H2,1-3H3,(H,23,26). The quantitative estimate of drug-likeness (QED) is 0.724. The summed E-state index contributed by atoms with van der Waals surface area (Å²) in [5.41, 5.74) is 2.78. The molecule has 138 valence electrons. The van der Waals surface area contributed by atoms with E-state index in [-0.39, 0.29) is 5.91 Å². The number of nitrogens with one attached hydrogen (secondary N) is 1. The van der Waals surface area contributed by atoms with Crippen LogP contribution in [0.15, 0.2) is 60.7 Å². The first-order chi connectivity index (χ1) is 13.1. The number of hydrogen-bond acceptors (Lipinski definition) is 5. The number of methoxy groups -OCH3 is 1. The van der Waals surface area contributed by atoms with Crippen LogP contribution in [0.5, 0.6) is 5.75 Å². The van der Waals surface area contributed by atoms with Crippen molar-refractivity contribution in [3.05, 3.63) is 77.6 Å². The molecule has 2 aromatic carbocycles. The summed E-state index contributed by atoms with van der Waals surface area (Å²) in [7, 11) is 3.47. The molecule has 0 aliphatic heterocycles. The van der Waals surface area contributed by atoms with Gasteiger partial charge in [0, 0.05) is 19.3 Å². The van der Waals surface area contributed by atoms with Gasteiger partial charge in [-0.2, -0.15) is 0 Å². The summed E-state index contributed by atoms with van der Waals surface area (Å²) in [6.07, 6.45) is 0. The summed E-state index contributed by atoms with van der Waals surface area (Å²) < 4.78 is 5.28. The van der Waals surface area contributed by atoms with Gasteiger partial charge in [-0.25, -0.2) is 9.97 Å². The fourth-order valence-electron chi connectivity index (χ4n) is 2.70. The molecule has 1 amide bonds. The lowest BCUT2D eigenvalue weighted by molar-refractivity contribution is 0.102. The second-order valence-electron chi connectivity index (χ2n) is 6.19. The number of anilines is 2. The Balaban J connectivity index is 1.81. The number of aromatic nitrogens is 2. The van der Waals surface area contributed by atoms with E-state index < -0.39 is 0 Å². The normalized spacial score (nSPS) is 10.3. The first-order valence-electron chi connectivity index (χ1n) is 8.62. The number of carbonyl (C=O) groups excluding carboxylic acids is 1. The van der Waals surface area contributed by atoms with Crippen LogP contribution in [0, 0.1) is 6.92 Å². The SMILES string of the molecule is COc1ccccc1NC(=O)c1cc(C)nc(N(C)Cc2ccccc2)n1. The molecule has 0 bridgehead atoms. The Morgan fingerprint density at radius 2 is 1.78 bits per heavy atom. The molecule has 0 aliphatic rings. The van der Waals surface area contributed by atoms with Crippen molar-refractivity contribution in [2.45, 2.75) is 13.5 Å². The molecule has 0 fully saturated rings. The van der Waals surface area contributed by atoms with Gasteiger partial charge in [0.25, 0.3) is 5.91 Å². The van der Waals surface area contributed by atoms with Gasteiger partial charge in [0.05, 0.1) is 12.8 Å². The van der Waals surface area contributed by atoms with Crippen LogP contribution in [-0.4, -0.2) is 30.0 Å². The lowest BCUT2D eigenvalue weighted by Gasteiger charge is -2.18. The second-order valence-corrected chi connectivity index (χ2v) is 6.19. The lowest BCUT2D eigenvalue weighted by atomic mass is 10.2.